The molecule has 7 heteroatoms. The highest BCUT2D eigenvalue weighted by Gasteiger charge is 2.35. The van der Waals surface area contributed by atoms with Gasteiger partial charge in [0.25, 0.3) is 0 Å². The van der Waals surface area contributed by atoms with E-state index in [-0.39, 0.29) is 12.5 Å². The van der Waals surface area contributed by atoms with Crippen molar-refractivity contribution >= 4 is 17.5 Å². The Balaban J connectivity index is 1.50. The number of aromatic nitrogens is 2. The van der Waals surface area contributed by atoms with Gasteiger partial charge in [-0.3, -0.25) is 14.4 Å². The quantitative estimate of drug-likeness (QED) is 0.530. The van der Waals surface area contributed by atoms with Crippen LogP contribution in [0.5, 0.6) is 0 Å². The molecule has 0 atom stereocenters. The Kier molecular flexibility index (Phi) is 7.12. The highest BCUT2D eigenvalue weighted by atomic mass is 35.5. The van der Waals surface area contributed by atoms with Crippen LogP contribution in [0.2, 0.25) is 5.02 Å². The molecule has 0 bridgehead atoms. The van der Waals surface area contributed by atoms with Crippen LogP contribution < -0.4 is 5.32 Å². The molecule has 33 heavy (non-hydrogen) atoms. The first-order valence-corrected chi connectivity index (χ1v) is 11.6. The second-order valence-corrected chi connectivity index (χ2v) is 9.19. The molecule has 0 unspecified atom stereocenters. The van der Waals surface area contributed by atoms with Gasteiger partial charge in [-0.15, -0.1) is 0 Å². The maximum Gasteiger partial charge on any atom is 0.235 e. The zero-order chi connectivity index (χ0) is 23.3. The van der Waals surface area contributed by atoms with Crippen molar-refractivity contribution < 1.29 is 4.79 Å². The molecule has 1 amide bonds. The lowest BCUT2D eigenvalue weighted by Gasteiger charge is -2.24. The SMILES string of the molecule is CN(CC(=O)NC1(C#N)CCCC1)Cc1cn(Cc2ccccc2Cl)nc1-c1ccccc1. The molecule has 2 aromatic carbocycles. The summed E-state index contributed by atoms with van der Waals surface area (Å²) < 4.78 is 1.90. The van der Waals surface area contributed by atoms with Crippen molar-refractivity contribution in [1.29, 1.82) is 5.26 Å². The lowest BCUT2D eigenvalue weighted by Crippen LogP contribution is -2.48. The zero-order valence-corrected chi connectivity index (χ0v) is 19.6. The van der Waals surface area contributed by atoms with Crippen molar-refractivity contribution in [3.63, 3.8) is 0 Å². The summed E-state index contributed by atoms with van der Waals surface area (Å²) in [7, 11) is 1.91. The number of benzene rings is 2. The van der Waals surface area contributed by atoms with Crippen molar-refractivity contribution in [2.75, 3.05) is 13.6 Å². The molecule has 0 radical (unpaired) electrons. The fourth-order valence-corrected chi connectivity index (χ4v) is 4.64. The molecule has 1 fully saturated rings. The third kappa shape index (κ3) is 5.62. The van der Waals surface area contributed by atoms with Crippen LogP contribution in [-0.2, 0) is 17.9 Å². The molecule has 0 spiro atoms. The normalized spacial score (nSPS) is 14.8. The summed E-state index contributed by atoms with van der Waals surface area (Å²) in [4.78, 5) is 14.6. The molecule has 1 saturated carbocycles. The number of hydrogen-bond donors (Lipinski definition) is 1. The second kappa shape index (κ2) is 10.2. The molecule has 6 nitrogen and oxygen atoms in total. The Morgan fingerprint density at radius 1 is 1.15 bits per heavy atom. The molecule has 1 aliphatic rings. The number of nitrogens with one attached hydrogen (secondary N) is 1. The first-order valence-electron chi connectivity index (χ1n) is 11.2. The summed E-state index contributed by atoms with van der Waals surface area (Å²) in [6.07, 6.45) is 5.44. The molecule has 1 aliphatic carbocycles. The molecule has 3 aromatic rings. The van der Waals surface area contributed by atoms with Gasteiger partial charge in [-0.1, -0.05) is 60.1 Å². The lowest BCUT2D eigenvalue weighted by molar-refractivity contribution is -0.123. The minimum atomic E-state index is -0.701. The van der Waals surface area contributed by atoms with Crippen molar-refractivity contribution in [2.45, 2.75) is 44.3 Å². The number of nitrogens with zero attached hydrogens (tertiary/aromatic N) is 4. The van der Waals surface area contributed by atoms with E-state index in [0.29, 0.717) is 18.1 Å². The van der Waals surface area contributed by atoms with Gasteiger partial charge in [0.15, 0.2) is 0 Å². The van der Waals surface area contributed by atoms with E-state index in [1.165, 1.54) is 0 Å². The minimum absolute atomic E-state index is 0.120. The summed E-state index contributed by atoms with van der Waals surface area (Å²) in [5, 5.41) is 18.1. The van der Waals surface area contributed by atoms with Gasteiger partial charge in [0.05, 0.1) is 24.9 Å². The van der Waals surface area contributed by atoms with Gasteiger partial charge in [0, 0.05) is 28.9 Å². The van der Waals surface area contributed by atoms with Gasteiger partial charge in [0.2, 0.25) is 5.91 Å². The predicted molar refractivity (Wildman–Crippen MR) is 130 cm³/mol. The Hall–Kier alpha value is -3.14. The third-order valence-electron chi connectivity index (χ3n) is 6.08. The average Bonchev–Trinajstić information content (AvgIpc) is 3.43. The lowest BCUT2D eigenvalue weighted by atomic mass is 10.00. The maximum atomic E-state index is 12.7. The van der Waals surface area contributed by atoms with Crippen molar-refractivity contribution in [3.8, 4) is 17.3 Å². The van der Waals surface area contributed by atoms with Gasteiger partial charge in [-0.25, -0.2) is 0 Å². The number of hydrogen-bond acceptors (Lipinski definition) is 4. The topological polar surface area (TPSA) is 74.0 Å². The van der Waals surface area contributed by atoms with E-state index in [1.54, 1.807) is 0 Å². The molecule has 4 rings (SSSR count). The number of likely N-dealkylation sites (N-methyl/N-ethyl adjacent to an activating group) is 1. The molecular formula is C26H28ClN5O. The molecular weight excluding hydrogens is 434 g/mol. The van der Waals surface area contributed by atoms with E-state index >= 15 is 0 Å². The number of halogens is 1. The Morgan fingerprint density at radius 2 is 1.85 bits per heavy atom. The fraction of sp³-hybridized carbons (Fsp3) is 0.346. The Bertz CT molecular complexity index is 1140. The first-order chi connectivity index (χ1) is 16.0. The van der Waals surface area contributed by atoms with E-state index in [2.05, 4.69) is 11.4 Å². The number of amides is 1. The van der Waals surface area contributed by atoms with Gasteiger partial charge in [0.1, 0.15) is 5.54 Å². The van der Waals surface area contributed by atoms with E-state index in [0.717, 1.165) is 48.1 Å². The smallest absolute Gasteiger partial charge is 0.235 e. The van der Waals surface area contributed by atoms with E-state index in [9.17, 15) is 10.1 Å². The summed E-state index contributed by atoms with van der Waals surface area (Å²) in [6, 6.07) is 20.1. The van der Waals surface area contributed by atoms with Crippen LogP contribution >= 0.6 is 11.6 Å². The van der Waals surface area contributed by atoms with Crippen LogP contribution in [0.1, 0.15) is 36.8 Å². The molecule has 170 valence electrons. The molecule has 1 N–H and O–H groups in total. The average molecular weight is 462 g/mol. The highest BCUT2D eigenvalue weighted by molar-refractivity contribution is 6.31. The number of nitriles is 1. The molecule has 1 aromatic heterocycles. The third-order valence-corrected chi connectivity index (χ3v) is 6.45. The standard InChI is InChI=1S/C26H28ClN5O/c1-31(18-24(33)29-26(19-28)13-7-8-14-26)15-22-17-32(16-21-11-5-6-12-23(21)27)30-25(22)20-9-3-2-4-10-20/h2-6,9-12,17H,7-8,13-16,18H2,1H3,(H,29,33). The molecule has 1 heterocycles. The van der Waals surface area contributed by atoms with Gasteiger partial charge in [-0.2, -0.15) is 10.4 Å². The fourth-order valence-electron chi connectivity index (χ4n) is 4.44. The van der Waals surface area contributed by atoms with Crippen LogP contribution in [0.25, 0.3) is 11.3 Å². The van der Waals surface area contributed by atoms with Crippen molar-refractivity contribution in [1.82, 2.24) is 20.0 Å². The van der Waals surface area contributed by atoms with Crippen LogP contribution in [0.3, 0.4) is 0 Å². The summed E-state index contributed by atoms with van der Waals surface area (Å²) >= 11 is 6.36. The van der Waals surface area contributed by atoms with E-state index < -0.39 is 5.54 Å². The minimum Gasteiger partial charge on any atom is -0.337 e. The molecule has 0 saturated heterocycles. The first kappa shape index (κ1) is 23.0. The van der Waals surface area contributed by atoms with Gasteiger partial charge >= 0.3 is 0 Å². The summed E-state index contributed by atoms with van der Waals surface area (Å²) in [6.45, 7) is 1.33. The number of carbonyl (C=O) groups is 1. The number of rotatable bonds is 8. The largest absolute Gasteiger partial charge is 0.337 e. The van der Waals surface area contributed by atoms with Crippen LogP contribution in [0.15, 0.2) is 60.8 Å². The van der Waals surface area contributed by atoms with Crippen molar-refractivity contribution in [3.05, 3.63) is 76.9 Å². The predicted octanol–water partition coefficient (Wildman–Crippen LogP) is 4.64. The maximum absolute atomic E-state index is 12.7. The second-order valence-electron chi connectivity index (χ2n) is 8.78. The molecule has 0 aliphatic heterocycles. The highest BCUT2D eigenvalue weighted by Crippen LogP contribution is 2.29. The van der Waals surface area contributed by atoms with E-state index in [4.69, 9.17) is 16.7 Å². The Labute approximate surface area is 199 Å². The van der Waals surface area contributed by atoms with Gasteiger partial charge in [-0.05, 0) is 44.4 Å². The van der Waals surface area contributed by atoms with Crippen LogP contribution in [0.4, 0.5) is 0 Å². The zero-order valence-electron chi connectivity index (χ0n) is 18.8. The van der Waals surface area contributed by atoms with E-state index in [1.807, 2.05) is 77.4 Å². The van der Waals surface area contributed by atoms with Crippen LogP contribution in [0, 0.1) is 11.3 Å². The summed E-state index contributed by atoms with van der Waals surface area (Å²) in [5.74, 6) is -0.120. The Morgan fingerprint density at radius 3 is 2.55 bits per heavy atom. The monoisotopic (exact) mass is 461 g/mol. The van der Waals surface area contributed by atoms with Gasteiger partial charge < -0.3 is 5.32 Å². The number of carbonyl (C=O) groups excluding carboxylic acids is 1. The van der Waals surface area contributed by atoms with Crippen molar-refractivity contribution in [2.24, 2.45) is 0 Å². The van der Waals surface area contributed by atoms with Crippen LogP contribution in [-0.4, -0.2) is 39.7 Å². The summed E-state index contributed by atoms with van der Waals surface area (Å²) in [5.41, 5.74) is 3.24.